The number of aliphatic hydroxyl groups is 3. The quantitative estimate of drug-likeness (QED) is 0.735. The van der Waals surface area contributed by atoms with Gasteiger partial charge in [-0.15, -0.1) is 0 Å². The number of hydrogen-bond acceptors (Lipinski definition) is 5. The second kappa shape index (κ2) is 6.02. The summed E-state index contributed by atoms with van der Waals surface area (Å²) < 4.78 is 11.8. The minimum Gasteiger partial charge on any atom is -0.396 e. The van der Waals surface area contributed by atoms with Crippen LogP contribution in [-0.4, -0.2) is 52.6 Å². The molecule has 3 unspecified atom stereocenters. The maximum absolute atomic E-state index is 10.4. The highest BCUT2D eigenvalue weighted by Crippen LogP contribution is 2.37. The second-order valence-electron chi connectivity index (χ2n) is 5.86. The summed E-state index contributed by atoms with van der Waals surface area (Å²) in [5.41, 5.74) is 2.26. The van der Waals surface area contributed by atoms with Gasteiger partial charge in [0.1, 0.15) is 6.10 Å². The van der Waals surface area contributed by atoms with Gasteiger partial charge in [0.05, 0.1) is 18.8 Å². The van der Waals surface area contributed by atoms with Crippen LogP contribution in [0.15, 0.2) is 24.3 Å². The summed E-state index contributed by atoms with van der Waals surface area (Å²) in [5.74, 6) is -1.22. The molecule has 3 N–H and O–H groups in total. The first kappa shape index (κ1) is 14.9. The van der Waals surface area contributed by atoms with Crippen LogP contribution < -0.4 is 0 Å². The van der Waals surface area contributed by atoms with Crippen LogP contribution in [0, 0.1) is 0 Å². The van der Waals surface area contributed by atoms with Crippen molar-refractivity contribution in [2.24, 2.45) is 0 Å². The third kappa shape index (κ3) is 2.84. The number of hydrogen-bond donors (Lipinski definition) is 3. The van der Waals surface area contributed by atoms with E-state index in [9.17, 15) is 10.2 Å². The van der Waals surface area contributed by atoms with Gasteiger partial charge in [-0.2, -0.15) is 0 Å². The van der Waals surface area contributed by atoms with Crippen LogP contribution in [0.2, 0.25) is 0 Å². The molecule has 1 aromatic rings. The van der Waals surface area contributed by atoms with E-state index in [1.807, 2.05) is 18.2 Å². The number of rotatable bonds is 2. The van der Waals surface area contributed by atoms with Crippen molar-refractivity contribution in [1.82, 2.24) is 0 Å². The maximum Gasteiger partial charge on any atom is 0.201 e. The van der Waals surface area contributed by atoms with Gasteiger partial charge in [-0.1, -0.05) is 24.3 Å². The molecule has 21 heavy (non-hydrogen) atoms. The Morgan fingerprint density at radius 2 is 1.95 bits per heavy atom. The fourth-order valence-electron chi connectivity index (χ4n) is 3.30. The molecule has 0 amide bonds. The van der Waals surface area contributed by atoms with Crippen molar-refractivity contribution >= 4 is 0 Å². The van der Waals surface area contributed by atoms with Crippen LogP contribution in [0.1, 0.15) is 24.0 Å². The molecule has 3 rings (SSSR count). The lowest BCUT2D eigenvalue weighted by Crippen LogP contribution is -2.60. The average molecular weight is 294 g/mol. The molecule has 0 aromatic heterocycles. The van der Waals surface area contributed by atoms with E-state index in [1.165, 1.54) is 5.56 Å². The molecule has 1 spiro atoms. The topological polar surface area (TPSA) is 79.2 Å². The molecule has 5 nitrogen and oxygen atoms in total. The molecule has 0 saturated carbocycles. The molecule has 116 valence electrons. The Morgan fingerprint density at radius 1 is 1.19 bits per heavy atom. The normalized spacial score (nSPS) is 36.2. The number of ether oxygens (including phenoxy) is 2. The second-order valence-corrected chi connectivity index (χ2v) is 5.86. The van der Waals surface area contributed by atoms with E-state index in [-0.39, 0.29) is 12.7 Å². The molecule has 0 bridgehead atoms. The molecule has 1 fully saturated rings. The van der Waals surface area contributed by atoms with Gasteiger partial charge in [-0.25, -0.2) is 0 Å². The summed E-state index contributed by atoms with van der Waals surface area (Å²) in [4.78, 5) is 0. The zero-order valence-corrected chi connectivity index (χ0v) is 11.9. The van der Waals surface area contributed by atoms with Crippen LogP contribution in [-0.2, 0) is 22.3 Å². The minimum atomic E-state index is -1.22. The van der Waals surface area contributed by atoms with Crippen molar-refractivity contribution in [3.63, 3.8) is 0 Å². The number of aliphatic hydroxyl groups excluding tert-OH is 3. The summed E-state index contributed by atoms with van der Waals surface area (Å²) in [6.45, 7) is 0.423. The van der Waals surface area contributed by atoms with Gasteiger partial charge in [0.25, 0.3) is 0 Å². The fourth-order valence-corrected chi connectivity index (χ4v) is 3.30. The lowest BCUT2D eigenvalue weighted by atomic mass is 9.88. The first-order valence-electron chi connectivity index (χ1n) is 7.50. The Bertz CT molecular complexity index is 491. The molecule has 1 aromatic carbocycles. The predicted octanol–water partition coefficient (Wildman–Crippen LogP) is 0.391. The molecule has 5 heteroatoms. The van der Waals surface area contributed by atoms with Crippen molar-refractivity contribution < 1.29 is 24.8 Å². The van der Waals surface area contributed by atoms with E-state index < -0.39 is 18.0 Å². The monoisotopic (exact) mass is 294 g/mol. The average Bonchev–Trinajstić information content (AvgIpc) is 2.65. The van der Waals surface area contributed by atoms with Crippen LogP contribution in [0.3, 0.4) is 0 Å². The van der Waals surface area contributed by atoms with E-state index in [4.69, 9.17) is 14.6 Å². The van der Waals surface area contributed by atoms with E-state index in [2.05, 4.69) is 6.07 Å². The minimum absolute atomic E-state index is 0.0137. The van der Waals surface area contributed by atoms with Gasteiger partial charge in [-0.05, 0) is 24.0 Å². The molecule has 2 aliphatic rings. The fraction of sp³-hybridized carbons (Fsp3) is 0.625. The van der Waals surface area contributed by atoms with Gasteiger partial charge < -0.3 is 24.8 Å². The molecule has 1 saturated heterocycles. The molecular weight excluding hydrogens is 272 g/mol. The van der Waals surface area contributed by atoms with Crippen LogP contribution in [0.5, 0.6) is 0 Å². The highest BCUT2D eigenvalue weighted by Gasteiger charge is 2.51. The maximum atomic E-state index is 10.4. The van der Waals surface area contributed by atoms with Crippen molar-refractivity contribution in [2.45, 2.75) is 49.8 Å². The van der Waals surface area contributed by atoms with Crippen LogP contribution in [0.25, 0.3) is 0 Å². The van der Waals surface area contributed by atoms with Crippen molar-refractivity contribution in [2.75, 3.05) is 13.2 Å². The van der Waals surface area contributed by atoms with Gasteiger partial charge >= 0.3 is 0 Å². The third-order valence-corrected chi connectivity index (χ3v) is 4.41. The molecule has 2 aliphatic heterocycles. The smallest absolute Gasteiger partial charge is 0.201 e. The van der Waals surface area contributed by atoms with Crippen molar-refractivity contribution in [1.29, 1.82) is 0 Å². The first-order valence-corrected chi connectivity index (χ1v) is 7.50. The zero-order chi connectivity index (χ0) is 14.9. The largest absolute Gasteiger partial charge is 0.396 e. The van der Waals surface area contributed by atoms with Crippen LogP contribution >= 0.6 is 0 Å². The first-order chi connectivity index (χ1) is 10.1. The zero-order valence-electron chi connectivity index (χ0n) is 11.9. The van der Waals surface area contributed by atoms with Gasteiger partial charge in [0.2, 0.25) is 5.79 Å². The summed E-state index contributed by atoms with van der Waals surface area (Å²) in [5, 5.41) is 29.7. The molecule has 0 radical (unpaired) electrons. The molecule has 0 aliphatic carbocycles. The summed E-state index contributed by atoms with van der Waals surface area (Å²) >= 11 is 0. The summed E-state index contributed by atoms with van der Waals surface area (Å²) in [6, 6.07) is 7.99. The van der Waals surface area contributed by atoms with Crippen molar-refractivity contribution in [3.8, 4) is 0 Å². The van der Waals surface area contributed by atoms with Crippen LogP contribution in [0.4, 0.5) is 0 Å². The highest BCUT2D eigenvalue weighted by atomic mass is 16.7. The SMILES string of the molecule is OCCC1CC(O)C(O)[C@]2(Cc3ccccc3CCO2)O1. The van der Waals surface area contributed by atoms with E-state index in [0.29, 0.717) is 25.9 Å². The molecular formula is C16H22O5. The summed E-state index contributed by atoms with van der Waals surface area (Å²) in [6.07, 6.45) is -0.388. The standard InChI is InChI=1S/C16H22O5/c17-7-5-13-9-14(18)15(19)16(21-13)10-12-4-2-1-3-11(12)6-8-20-16/h1-4,13-15,17-19H,5-10H2/t13?,14?,15?,16-/m0/s1. The Morgan fingerprint density at radius 3 is 2.71 bits per heavy atom. The lowest BCUT2D eigenvalue weighted by Gasteiger charge is -2.46. The van der Waals surface area contributed by atoms with Crippen molar-refractivity contribution in [3.05, 3.63) is 35.4 Å². The van der Waals surface area contributed by atoms with E-state index >= 15 is 0 Å². The summed E-state index contributed by atoms with van der Waals surface area (Å²) in [7, 11) is 0. The Labute approximate surface area is 124 Å². The van der Waals surface area contributed by atoms with E-state index in [1.54, 1.807) is 0 Å². The Kier molecular flexibility index (Phi) is 4.28. The van der Waals surface area contributed by atoms with Gasteiger partial charge in [0.15, 0.2) is 0 Å². The number of benzene rings is 1. The third-order valence-electron chi connectivity index (χ3n) is 4.41. The highest BCUT2D eigenvalue weighted by molar-refractivity contribution is 5.30. The lowest BCUT2D eigenvalue weighted by molar-refractivity contribution is -0.339. The molecule has 2 heterocycles. The predicted molar refractivity (Wildman–Crippen MR) is 75.7 cm³/mol. The van der Waals surface area contributed by atoms with E-state index in [0.717, 1.165) is 12.0 Å². The number of fused-ring (bicyclic) bond motifs is 1. The molecule has 4 atom stereocenters. The Balaban J connectivity index is 1.90. The van der Waals surface area contributed by atoms with Gasteiger partial charge in [0, 0.05) is 19.4 Å². The Hall–Kier alpha value is -0.980. The van der Waals surface area contributed by atoms with Gasteiger partial charge in [-0.3, -0.25) is 0 Å².